The number of rotatable bonds is 7. The lowest BCUT2D eigenvalue weighted by molar-refractivity contribution is -0.123. The van der Waals surface area contributed by atoms with E-state index < -0.39 is 0 Å². The van der Waals surface area contributed by atoms with Crippen LogP contribution in [0.3, 0.4) is 0 Å². The lowest BCUT2D eigenvalue weighted by Gasteiger charge is -2.31. The fraction of sp³-hybridized carbons (Fsp3) is 0.600. The van der Waals surface area contributed by atoms with Gasteiger partial charge in [-0.15, -0.1) is 0 Å². The number of hydrogen-bond donors (Lipinski definition) is 3. The number of guanidine groups is 1. The van der Waals surface area contributed by atoms with Crippen LogP contribution in [0.15, 0.2) is 29.3 Å². The molecular formula is C20H31N5O. The molecule has 0 radical (unpaired) electrons. The van der Waals surface area contributed by atoms with Gasteiger partial charge in [0.2, 0.25) is 5.91 Å². The van der Waals surface area contributed by atoms with Crippen molar-refractivity contribution in [2.24, 2.45) is 16.6 Å². The van der Waals surface area contributed by atoms with Crippen molar-refractivity contribution in [3.8, 4) is 0 Å². The smallest absolute Gasteiger partial charge is 0.221 e. The molecule has 1 aromatic rings. The molecule has 1 atom stereocenters. The van der Waals surface area contributed by atoms with E-state index in [2.05, 4.69) is 46.7 Å². The highest BCUT2D eigenvalue weighted by Gasteiger charge is 2.24. The van der Waals surface area contributed by atoms with Gasteiger partial charge in [0.05, 0.1) is 12.5 Å². The maximum atomic E-state index is 11.5. The number of nitrogens with two attached hydrogens (primary N) is 1. The molecule has 142 valence electrons. The summed E-state index contributed by atoms with van der Waals surface area (Å²) in [5, 5.41) is 6.75. The van der Waals surface area contributed by atoms with Crippen molar-refractivity contribution in [3.63, 3.8) is 0 Å². The third kappa shape index (κ3) is 5.73. The van der Waals surface area contributed by atoms with Gasteiger partial charge in [-0.2, -0.15) is 0 Å². The van der Waals surface area contributed by atoms with Crippen molar-refractivity contribution in [3.05, 3.63) is 35.4 Å². The van der Waals surface area contributed by atoms with Gasteiger partial charge in [0, 0.05) is 25.7 Å². The lowest BCUT2D eigenvalue weighted by Crippen LogP contribution is -2.40. The Balaban J connectivity index is 1.57. The van der Waals surface area contributed by atoms with Crippen LogP contribution in [0.4, 0.5) is 0 Å². The van der Waals surface area contributed by atoms with Gasteiger partial charge in [0.25, 0.3) is 0 Å². The summed E-state index contributed by atoms with van der Waals surface area (Å²) in [6.45, 7) is 6.29. The van der Waals surface area contributed by atoms with Crippen LogP contribution in [-0.2, 0) is 17.9 Å². The highest BCUT2D eigenvalue weighted by atomic mass is 16.1. The minimum Gasteiger partial charge on any atom is -0.369 e. The molecule has 26 heavy (non-hydrogen) atoms. The van der Waals surface area contributed by atoms with Crippen LogP contribution < -0.4 is 16.4 Å². The lowest BCUT2D eigenvalue weighted by atomic mass is 9.97. The fourth-order valence-electron chi connectivity index (χ4n) is 3.43. The minimum atomic E-state index is -0.170. The summed E-state index contributed by atoms with van der Waals surface area (Å²) in [6, 6.07) is 9.18. The van der Waals surface area contributed by atoms with E-state index in [1.54, 1.807) is 0 Å². The second kappa shape index (κ2) is 9.03. The largest absolute Gasteiger partial charge is 0.369 e. The summed E-state index contributed by atoms with van der Waals surface area (Å²) in [7, 11) is 0. The van der Waals surface area contributed by atoms with Crippen LogP contribution in [0.25, 0.3) is 0 Å². The first-order chi connectivity index (χ1) is 12.6. The number of likely N-dealkylation sites (tertiary alicyclic amines) is 1. The number of nitrogens with one attached hydrogen (secondary N) is 2. The zero-order valence-corrected chi connectivity index (χ0v) is 15.7. The number of carbonyl (C=O) groups excluding carboxylic acids is 1. The fourth-order valence-corrected chi connectivity index (χ4v) is 3.43. The molecule has 1 aliphatic carbocycles. The zero-order valence-electron chi connectivity index (χ0n) is 15.7. The molecule has 0 bridgehead atoms. The second-order valence-corrected chi connectivity index (χ2v) is 7.41. The van der Waals surface area contributed by atoms with Crippen LogP contribution >= 0.6 is 0 Å². The Hall–Kier alpha value is -2.08. The first kappa shape index (κ1) is 18.7. The average molecular weight is 358 g/mol. The number of carbonyl (C=O) groups is 1. The normalized spacial score (nSPS) is 21.4. The third-order valence-corrected chi connectivity index (χ3v) is 4.99. The van der Waals surface area contributed by atoms with Gasteiger partial charge in [-0.3, -0.25) is 9.69 Å². The standard InChI is InChI=1S/C20H31N5O/c1-2-22-20(24-18-8-9-18)23-12-15-5-3-6-16(11-15)13-25-10-4-7-17(14-25)19(21)26/h3,5-6,11,17-18H,2,4,7-10,12-14H2,1H3,(H2,21,26)(H2,22,23,24). The Labute approximate surface area is 156 Å². The molecule has 1 unspecified atom stereocenters. The van der Waals surface area contributed by atoms with Crippen LogP contribution in [0.5, 0.6) is 0 Å². The van der Waals surface area contributed by atoms with E-state index in [9.17, 15) is 4.79 Å². The maximum Gasteiger partial charge on any atom is 0.221 e. The van der Waals surface area contributed by atoms with Crippen molar-refractivity contribution in [1.29, 1.82) is 0 Å². The summed E-state index contributed by atoms with van der Waals surface area (Å²) >= 11 is 0. The highest BCUT2D eigenvalue weighted by Crippen LogP contribution is 2.19. The second-order valence-electron chi connectivity index (χ2n) is 7.41. The van der Waals surface area contributed by atoms with Crippen LogP contribution in [0.1, 0.15) is 43.7 Å². The van der Waals surface area contributed by atoms with Gasteiger partial charge in [-0.1, -0.05) is 24.3 Å². The highest BCUT2D eigenvalue weighted by molar-refractivity contribution is 5.80. The first-order valence-corrected chi connectivity index (χ1v) is 9.78. The molecule has 1 amide bonds. The van der Waals surface area contributed by atoms with Gasteiger partial charge in [0.1, 0.15) is 0 Å². The van der Waals surface area contributed by atoms with Crippen molar-refractivity contribution >= 4 is 11.9 Å². The molecule has 4 N–H and O–H groups in total. The average Bonchev–Trinajstić information content (AvgIpc) is 3.44. The molecule has 1 aliphatic heterocycles. The molecule has 3 rings (SSSR count). The zero-order chi connectivity index (χ0) is 18.4. The Morgan fingerprint density at radius 2 is 2.12 bits per heavy atom. The van der Waals surface area contributed by atoms with Gasteiger partial charge in [0.15, 0.2) is 5.96 Å². The molecular weight excluding hydrogens is 326 g/mol. The molecule has 1 heterocycles. The van der Waals surface area contributed by atoms with E-state index in [0.717, 1.165) is 45.0 Å². The van der Waals surface area contributed by atoms with E-state index in [4.69, 9.17) is 10.7 Å². The molecule has 1 saturated carbocycles. The number of benzene rings is 1. The van der Waals surface area contributed by atoms with Crippen molar-refractivity contribution in [2.75, 3.05) is 19.6 Å². The van der Waals surface area contributed by atoms with Gasteiger partial charge in [-0.25, -0.2) is 4.99 Å². The summed E-state index contributed by atoms with van der Waals surface area (Å²) in [4.78, 5) is 18.5. The van der Waals surface area contributed by atoms with E-state index in [-0.39, 0.29) is 11.8 Å². The maximum absolute atomic E-state index is 11.5. The molecule has 6 nitrogen and oxygen atoms in total. The predicted molar refractivity (Wildman–Crippen MR) is 105 cm³/mol. The number of aliphatic imine (C=N–C) groups is 1. The summed E-state index contributed by atoms with van der Waals surface area (Å²) < 4.78 is 0. The Kier molecular flexibility index (Phi) is 6.50. The molecule has 0 aromatic heterocycles. The monoisotopic (exact) mass is 357 g/mol. The van der Waals surface area contributed by atoms with Crippen molar-refractivity contribution in [2.45, 2.75) is 51.7 Å². The number of amides is 1. The first-order valence-electron chi connectivity index (χ1n) is 9.78. The predicted octanol–water partition coefficient (Wildman–Crippen LogP) is 1.60. The van der Waals surface area contributed by atoms with E-state index in [1.807, 2.05) is 0 Å². The Bertz CT molecular complexity index is 641. The number of nitrogens with zero attached hydrogens (tertiary/aromatic N) is 2. The van der Waals surface area contributed by atoms with Crippen molar-refractivity contribution in [1.82, 2.24) is 15.5 Å². The Morgan fingerprint density at radius 3 is 2.85 bits per heavy atom. The molecule has 6 heteroatoms. The summed E-state index contributed by atoms with van der Waals surface area (Å²) in [5.74, 6) is 0.727. The molecule has 1 aromatic carbocycles. The van der Waals surface area contributed by atoms with E-state index in [0.29, 0.717) is 12.6 Å². The topological polar surface area (TPSA) is 82.8 Å². The van der Waals surface area contributed by atoms with Crippen LogP contribution in [0.2, 0.25) is 0 Å². The SMILES string of the molecule is CCNC(=NCc1cccc(CN2CCCC(C(N)=O)C2)c1)NC1CC1. The van der Waals surface area contributed by atoms with Gasteiger partial charge < -0.3 is 16.4 Å². The van der Waals surface area contributed by atoms with Gasteiger partial charge in [-0.05, 0) is 50.3 Å². The van der Waals surface area contributed by atoms with Crippen molar-refractivity contribution < 1.29 is 4.79 Å². The van der Waals surface area contributed by atoms with E-state index >= 15 is 0 Å². The van der Waals surface area contributed by atoms with Gasteiger partial charge >= 0.3 is 0 Å². The Morgan fingerprint density at radius 1 is 1.31 bits per heavy atom. The van der Waals surface area contributed by atoms with Crippen LogP contribution in [0, 0.1) is 5.92 Å². The number of piperidine rings is 1. The number of primary amides is 1. The third-order valence-electron chi connectivity index (χ3n) is 4.99. The minimum absolute atomic E-state index is 0.00675. The summed E-state index contributed by atoms with van der Waals surface area (Å²) in [6.07, 6.45) is 4.43. The molecule has 1 saturated heterocycles. The quantitative estimate of drug-likeness (QED) is 0.511. The number of hydrogen-bond acceptors (Lipinski definition) is 3. The summed E-state index contributed by atoms with van der Waals surface area (Å²) in [5.41, 5.74) is 7.96. The molecule has 2 fully saturated rings. The molecule has 0 spiro atoms. The molecule has 2 aliphatic rings. The van der Waals surface area contributed by atoms with E-state index in [1.165, 1.54) is 24.0 Å². The van der Waals surface area contributed by atoms with Crippen LogP contribution in [-0.4, -0.2) is 42.4 Å².